The van der Waals surface area contributed by atoms with Crippen LogP contribution in [0.1, 0.15) is 47.2 Å². The predicted molar refractivity (Wildman–Crippen MR) is 85.6 cm³/mol. The van der Waals surface area contributed by atoms with Crippen molar-refractivity contribution in [2.24, 2.45) is 0 Å². The smallest absolute Gasteiger partial charge is 0.255 e. The Kier molecular flexibility index (Phi) is 4.81. The van der Waals surface area contributed by atoms with Crippen LogP contribution in [0.15, 0.2) is 12.1 Å². The van der Waals surface area contributed by atoms with Crippen LogP contribution in [0.5, 0.6) is 0 Å². The molecule has 3 rings (SSSR count). The number of halogens is 1. The predicted octanol–water partition coefficient (Wildman–Crippen LogP) is 0.711. The van der Waals surface area contributed by atoms with E-state index in [1.165, 1.54) is 17.0 Å². The number of hydrogen-bond donors (Lipinski definition) is 2. The number of aliphatic hydroxyl groups is 1. The molecule has 0 aliphatic carbocycles. The summed E-state index contributed by atoms with van der Waals surface area (Å²) in [6.45, 7) is 0.00913. The number of rotatable bonds is 3. The van der Waals surface area contributed by atoms with E-state index in [0.717, 1.165) is 0 Å². The molecular formula is C18H17FN2O4. The first-order chi connectivity index (χ1) is 12.0. The molecule has 1 atom stereocenters. The van der Waals surface area contributed by atoms with E-state index < -0.39 is 23.7 Å². The maximum Gasteiger partial charge on any atom is 0.255 e. The number of aliphatic hydroxyl groups excluding tert-OH is 1. The van der Waals surface area contributed by atoms with Crippen molar-refractivity contribution in [2.45, 2.75) is 38.3 Å². The zero-order valence-electron chi connectivity index (χ0n) is 13.5. The molecule has 0 aromatic heterocycles. The Labute approximate surface area is 144 Å². The van der Waals surface area contributed by atoms with Crippen LogP contribution in [-0.2, 0) is 16.1 Å². The average Bonchev–Trinajstić information content (AvgIpc) is 2.91. The third-order valence-corrected chi connectivity index (χ3v) is 4.33. The molecule has 6 nitrogen and oxygen atoms in total. The van der Waals surface area contributed by atoms with Gasteiger partial charge in [0.2, 0.25) is 11.8 Å². The second-order valence-electron chi connectivity index (χ2n) is 5.98. The summed E-state index contributed by atoms with van der Waals surface area (Å²) in [7, 11) is 0. The van der Waals surface area contributed by atoms with Gasteiger partial charge in [-0.05, 0) is 25.0 Å². The SMILES string of the molecule is O=C1CCC(N2Cc3c(ccc(C#CCCCO)c3F)C2=O)C(=O)N1. The van der Waals surface area contributed by atoms with E-state index in [-0.39, 0.29) is 48.6 Å². The molecule has 3 amide bonds. The lowest BCUT2D eigenvalue weighted by molar-refractivity contribution is -0.136. The lowest BCUT2D eigenvalue weighted by Gasteiger charge is -2.29. The molecule has 2 aliphatic rings. The zero-order chi connectivity index (χ0) is 18.0. The van der Waals surface area contributed by atoms with E-state index in [9.17, 15) is 18.8 Å². The fraction of sp³-hybridized carbons (Fsp3) is 0.389. The average molecular weight is 344 g/mol. The quantitative estimate of drug-likeness (QED) is 0.480. The summed E-state index contributed by atoms with van der Waals surface area (Å²) < 4.78 is 14.7. The molecule has 0 bridgehead atoms. The number of fused-ring (bicyclic) bond motifs is 1. The Morgan fingerprint density at radius 1 is 1.32 bits per heavy atom. The third-order valence-electron chi connectivity index (χ3n) is 4.33. The minimum Gasteiger partial charge on any atom is -0.396 e. The van der Waals surface area contributed by atoms with Gasteiger partial charge in [0.15, 0.2) is 0 Å². The highest BCUT2D eigenvalue weighted by Gasteiger charge is 2.40. The molecule has 0 spiro atoms. The molecular weight excluding hydrogens is 327 g/mol. The standard InChI is InChI=1S/C18H17FN2O4/c19-16-11(4-2-1-3-9-22)5-6-12-13(16)10-21(18(12)25)14-7-8-15(23)20-17(14)24/h5-6,14,22H,1,3,7-10H2,(H,20,23,24). The minimum absolute atomic E-state index is 0.0154. The first kappa shape index (κ1) is 17.1. The molecule has 130 valence electrons. The van der Waals surface area contributed by atoms with Crippen LogP contribution in [0.3, 0.4) is 0 Å². The molecule has 0 radical (unpaired) electrons. The van der Waals surface area contributed by atoms with Gasteiger partial charge >= 0.3 is 0 Å². The van der Waals surface area contributed by atoms with Crippen LogP contribution >= 0.6 is 0 Å². The van der Waals surface area contributed by atoms with Crippen LogP contribution in [0.4, 0.5) is 4.39 Å². The van der Waals surface area contributed by atoms with Gasteiger partial charge in [-0.3, -0.25) is 19.7 Å². The first-order valence-corrected chi connectivity index (χ1v) is 8.08. The van der Waals surface area contributed by atoms with E-state index in [2.05, 4.69) is 17.2 Å². The maximum absolute atomic E-state index is 14.7. The Bertz CT molecular complexity index is 809. The molecule has 1 unspecified atom stereocenters. The van der Waals surface area contributed by atoms with Gasteiger partial charge < -0.3 is 10.0 Å². The lowest BCUT2D eigenvalue weighted by Crippen LogP contribution is -2.52. The summed E-state index contributed by atoms with van der Waals surface area (Å²) in [6.07, 6.45) is 1.36. The summed E-state index contributed by atoms with van der Waals surface area (Å²) in [5.41, 5.74) is 0.640. The molecule has 1 aromatic rings. The van der Waals surface area contributed by atoms with Crippen molar-refractivity contribution >= 4 is 17.7 Å². The Morgan fingerprint density at radius 2 is 2.12 bits per heavy atom. The highest BCUT2D eigenvalue weighted by Crippen LogP contribution is 2.30. The Morgan fingerprint density at radius 3 is 2.84 bits per heavy atom. The molecule has 2 N–H and O–H groups in total. The van der Waals surface area contributed by atoms with Crippen molar-refractivity contribution in [1.82, 2.24) is 10.2 Å². The maximum atomic E-state index is 14.7. The molecule has 2 aliphatic heterocycles. The van der Waals surface area contributed by atoms with E-state index in [1.54, 1.807) is 0 Å². The van der Waals surface area contributed by atoms with Gasteiger partial charge in [-0.2, -0.15) is 0 Å². The van der Waals surface area contributed by atoms with Crippen molar-refractivity contribution < 1.29 is 23.9 Å². The van der Waals surface area contributed by atoms with Crippen LogP contribution in [0, 0.1) is 17.7 Å². The van der Waals surface area contributed by atoms with Crippen molar-refractivity contribution in [1.29, 1.82) is 0 Å². The zero-order valence-corrected chi connectivity index (χ0v) is 13.5. The lowest BCUT2D eigenvalue weighted by atomic mass is 10.0. The highest BCUT2D eigenvalue weighted by molar-refractivity contribution is 6.05. The monoisotopic (exact) mass is 344 g/mol. The van der Waals surface area contributed by atoms with Crippen LogP contribution < -0.4 is 5.32 Å². The summed E-state index contributed by atoms with van der Waals surface area (Å²) in [6, 6.07) is 2.20. The van der Waals surface area contributed by atoms with Gasteiger partial charge in [-0.25, -0.2) is 4.39 Å². The number of piperidine rings is 1. The van der Waals surface area contributed by atoms with E-state index in [1.807, 2.05) is 0 Å². The summed E-state index contributed by atoms with van der Waals surface area (Å²) in [4.78, 5) is 37.1. The minimum atomic E-state index is -0.768. The number of imide groups is 1. The van der Waals surface area contributed by atoms with Crippen molar-refractivity contribution in [3.63, 3.8) is 0 Å². The number of carbonyl (C=O) groups excluding carboxylic acids is 3. The first-order valence-electron chi connectivity index (χ1n) is 8.08. The fourth-order valence-electron chi connectivity index (χ4n) is 3.03. The second-order valence-corrected chi connectivity index (χ2v) is 5.98. The second kappa shape index (κ2) is 7.03. The molecule has 7 heteroatoms. The number of carbonyl (C=O) groups is 3. The third kappa shape index (κ3) is 3.26. The number of amides is 3. The van der Waals surface area contributed by atoms with Crippen molar-refractivity contribution in [3.8, 4) is 11.8 Å². The van der Waals surface area contributed by atoms with E-state index >= 15 is 0 Å². The number of nitrogens with zero attached hydrogens (tertiary/aromatic N) is 1. The number of unbranched alkanes of at least 4 members (excludes halogenated alkanes) is 1. The summed E-state index contributed by atoms with van der Waals surface area (Å²) >= 11 is 0. The number of hydrogen-bond acceptors (Lipinski definition) is 4. The Balaban J connectivity index is 1.83. The highest BCUT2D eigenvalue weighted by atomic mass is 19.1. The molecule has 1 fully saturated rings. The molecule has 1 saturated heterocycles. The van der Waals surface area contributed by atoms with Crippen LogP contribution in [-0.4, -0.2) is 40.4 Å². The largest absolute Gasteiger partial charge is 0.396 e. The number of nitrogens with one attached hydrogen (secondary N) is 1. The fourth-order valence-corrected chi connectivity index (χ4v) is 3.03. The van der Waals surface area contributed by atoms with Gasteiger partial charge in [0.25, 0.3) is 5.91 Å². The summed E-state index contributed by atoms with van der Waals surface area (Å²) in [5, 5.41) is 10.9. The molecule has 2 heterocycles. The molecule has 1 aromatic carbocycles. The summed E-state index contributed by atoms with van der Waals surface area (Å²) in [5.74, 6) is 3.63. The van der Waals surface area contributed by atoms with Crippen molar-refractivity contribution in [3.05, 3.63) is 34.6 Å². The van der Waals surface area contributed by atoms with E-state index in [4.69, 9.17) is 5.11 Å². The van der Waals surface area contributed by atoms with Crippen LogP contribution in [0.2, 0.25) is 0 Å². The van der Waals surface area contributed by atoms with Crippen LogP contribution in [0.25, 0.3) is 0 Å². The Hall–Kier alpha value is -2.72. The van der Waals surface area contributed by atoms with Gasteiger partial charge in [0.05, 0.1) is 12.1 Å². The van der Waals surface area contributed by atoms with Gasteiger partial charge in [-0.15, -0.1) is 0 Å². The molecule has 0 saturated carbocycles. The van der Waals surface area contributed by atoms with Gasteiger partial charge in [-0.1, -0.05) is 11.8 Å². The topological polar surface area (TPSA) is 86.7 Å². The number of benzene rings is 1. The molecule has 25 heavy (non-hydrogen) atoms. The normalized spacial score (nSPS) is 19.4. The van der Waals surface area contributed by atoms with Crippen molar-refractivity contribution in [2.75, 3.05) is 6.61 Å². The van der Waals surface area contributed by atoms with Gasteiger partial charge in [0.1, 0.15) is 11.9 Å². The van der Waals surface area contributed by atoms with E-state index in [0.29, 0.717) is 12.8 Å². The van der Waals surface area contributed by atoms with Gasteiger partial charge in [0, 0.05) is 30.6 Å².